The predicted molar refractivity (Wildman–Crippen MR) is 40.5 cm³/mol. The van der Waals surface area contributed by atoms with E-state index in [4.69, 9.17) is 0 Å². The first kappa shape index (κ1) is 10.9. The standard InChI is InChI=1S/C8H14N2.HI/c1-2-3-4-6-10-7-5-9-8-10;/h5,7-8H,2-4,6H2,1H3;1H. The molecule has 0 saturated heterocycles. The van der Waals surface area contributed by atoms with E-state index in [1.54, 1.807) is 0 Å². The van der Waals surface area contributed by atoms with Gasteiger partial charge in [0.2, 0.25) is 6.33 Å². The molecular formula is C8H15IN2. The molecule has 0 bridgehead atoms. The SMILES string of the molecule is CCCCC[n+]1cc[nH]c1.[I-]. The minimum absolute atomic E-state index is 0. The number of imidazole rings is 1. The van der Waals surface area contributed by atoms with Gasteiger partial charge in [0, 0.05) is 0 Å². The van der Waals surface area contributed by atoms with Crippen molar-refractivity contribution in [1.29, 1.82) is 0 Å². The van der Waals surface area contributed by atoms with Crippen molar-refractivity contribution in [2.45, 2.75) is 32.7 Å². The molecule has 1 N–H and O–H groups in total. The van der Waals surface area contributed by atoms with Crippen LogP contribution in [0.4, 0.5) is 0 Å². The summed E-state index contributed by atoms with van der Waals surface area (Å²) in [6.45, 7) is 3.37. The first-order valence-corrected chi connectivity index (χ1v) is 3.95. The maximum absolute atomic E-state index is 3.02. The van der Waals surface area contributed by atoms with Gasteiger partial charge >= 0.3 is 0 Å². The predicted octanol–water partition coefficient (Wildman–Crippen LogP) is -1.50. The first-order valence-electron chi connectivity index (χ1n) is 3.95. The van der Waals surface area contributed by atoms with Crippen LogP contribution in [0.15, 0.2) is 18.7 Å². The number of hydrogen-bond acceptors (Lipinski definition) is 0. The minimum Gasteiger partial charge on any atom is -1.00 e. The van der Waals surface area contributed by atoms with E-state index in [9.17, 15) is 0 Å². The number of rotatable bonds is 4. The van der Waals surface area contributed by atoms with Crippen LogP contribution in [0.5, 0.6) is 0 Å². The maximum atomic E-state index is 3.02. The second kappa shape index (κ2) is 6.64. The highest BCUT2D eigenvalue weighted by Crippen LogP contribution is 1.92. The molecule has 64 valence electrons. The molecule has 0 amide bonds. The zero-order valence-electron chi connectivity index (χ0n) is 6.89. The van der Waals surface area contributed by atoms with Gasteiger partial charge in [0.15, 0.2) is 0 Å². The molecule has 11 heavy (non-hydrogen) atoms. The zero-order chi connectivity index (χ0) is 7.23. The molecule has 0 fully saturated rings. The number of nitrogens with zero attached hydrogens (tertiary/aromatic N) is 1. The second-order valence-corrected chi connectivity index (χ2v) is 2.56. The van der Waals surface area contributed by atoms with E-state index in [0.29, 0.717) is 0 Å². The van der Waals surface area contributed by atoms with Gasteiger partial charge in [-0.15, -0.1) is 0 Å². The minimum atomic E-state index is 0. The Morgan fingerprint density at radius 3 is 2.73 bits per heavy atom. The van der Waals surface area contributed by atoms with Gasteiger partial charge in [0.1, 0.15) is 12.4 Å². The third kappa shape index (κ3) is 4.40. The van der Waals surface area contributed by atoms with Crippen LogP contribution in [0.2, 0.25) is 0 Å². The van der Waals surface area contributed by atoms with E-state index in [2.05, 4.69) is 22.7 Å². The lowest BCUT2D eigenvalue weighted by molar-refractivity contribution is -0.696. The van der Waals surface area contributed by atoms with Crippen molar-refractivity contribution in [3.63, 3.8) is 0 Å². The molecule has 0 atom stereocenters. The Morgan fingerprint density at radius 1 is 1.36 bits per heavy atom. The normalized spacial score (nSPS) is 9.18. The van der Waals surface area contributed by atoms with E-state index >= 15 is 0 Å². The number of unbranched alkanes of at least 4 members (excludes halogenated alkanes) is 2. The van der Waals surface area contributed by atoms with Gasteiger partial charge in [-0.2, -0.15) is 0 Å². The van der Waals surface area contributed by atoms with Gasteiger partial charge in [0.25, 0.3) is 0 Å². The topological polar surface area (TPSA) is 19.7 Å². The number of halogens is 1. The van der Waals surface area contributed by atoms with Gasteiger partial charge in [0.05, 0.1) is 6.54 Å². The summed E-state index contributed by atoms with van der Waals surface area (Å²) in [5.41, 5.74) is 0. The highest BCUT2D eigenvalue weighted by Gasteiger charge is 1.93. The molecule has 1 heterocycles. The van der Waals surface area contributed by atoms with E-state index in [0.717, 1.165) is 6.54 Å². The molecule has 0 aromatic carbocycles. The molecule has 0 aliphatic rings. The number of aryl methyl sites for hydroxylation is 1. The number of nitrogens with one attached hydrogen (secondary N) is 1. The lowest BCUT2D eigenvalue weighted by atomic mass is 10.2. The van der Waals surface area contributed by atoms with Crippen LogP contribution in [-0.4, -0.2) is 4.98 Å². The Kier molecular flexibility index (Phi) is 6.60. The molecule has 1 aromatic heterocycles. The van der Waals surface area contributed by atoms with Gasteiger partial charge < -0.3 is 24.0 Å². The summed E-state index contributed by atoms with van der Waals surface area (Å²) in [4.78, 5) is 3.02. The fourth-order valence-electron chi connectivity index (χ4n) is 1.00. The molecule has 1 aromatic rings. The molecule has 2 nitrogen and oxygen atoms in total. The van der Waals surface area contributed by atoms with E-state index < -0.39 is 0 Å². The Morgan fingerprint density at radius 2 is 2.18 bits per heavy atom. The highest BCUT2D eigenvalue weighted by atomic mass is 127. The van der Waals surface area contributed by atoms with E-state index in [-0.39, 0.29) is 24.0 Å². The summed E-state index contributed by atoms with van der Waals surface area (Å²) >= 11 is 0. The summed E-state index contributed by atoms with van der Waals surface area (Å²) < 4.78 is 2.18. The van der Waals surface area contributed by atoms with Crippen LogP contribution in [0, 0.1) is 0 Å². The van der Waals surface area contributed by atoms with Gasteiger partial charge in [-0.25, -0.2) is 4.57 Å². The first-order chi connectivity index (χ1) is 4.93. The molecule has 0 radical (unpaired) electrons. The Labute approximate surface area is 85.0 Å². The molecule has 0 aliphatic heterocycles. The van der Waals surface area contributed by atoms with Crippen molar-refractivity contribution in [2.75, 3.05) is 0 Å². The Hall–Kier alpha value is -0.0600. The fourth-order valence-corrected chi connectivity index (χ4v) is 1.00. The second-order valence-electron chi connectivity index (χ2n) is 2.56. The fraction of sp³-hybridized carbons (Fsp3) is 0.625. The molecule has 1 rings (SSSR count). The van der Waals surface area contributed by atoms with E-state index in [1.165, 1.54) is 19.3 Å². The van der Waals surface area contributed by atoms with Crippen molar-refractivity contribution in [2.24, 2.45) is 0 Å². The molecule has 3 heteroatoms. The van der Waals surface area contributed by atoms with Crippen molar-refractivity contribution in [3.05, 3.63) is 18.7 Å². The van der Waals surface area contributed by atoms with Crippen LogP contribution >= 0.6 is 0 Å². The molecular weight excluding hydrogens is 251 g/mol. The molecule has 0 saturated carbocycles. The van der Waals surface area contributed by atoms with Crippen LogP contribution in [0.3, 0.4) is 0 Å². The summed E-state index contributed by atoms with van der Waals surface area (Å²) in [7, 11) is 0. The summed E-state index contributed by atoms with van der Waals surface area (Å²) in [6.07, 6.45) is 9.93. The summed E-state index contributed by atoms with van der Waals surface area (Å²) in [6, 6.07) is 0. The number of hydrogen-bond donors (Lipinski definition) is 1. The number of aromatic amines is 1. The van der Waals surface area contributed by atoms with E-state index in [1.807, 2.05) is 12.5 Å². The van der Waals surface area contributed by atoms with Crippen molar-refractivity contribution in [3.8, 4) is 0 Å². The van der Waals surface area contributed by atoms with Crippen LogP contribution in [0.1, 0.15) is 26.2 Å². The van der Waals surface area contributed by atoms with Gasteiger partial charge in [-0.3, -0.25) is 4.98 Å². The largest absolute Gasteiger partial charge is 1.00 e. The van der Waals surface area contributed by atoms with Crippen LogP contribution in [0.25, 0.3) is 0 Å². The lowest BCUT2D eigenvalue weighted by Gasteiger charge is -1.92. The maximum Gasteiger partial charge on any atom is 0.241 e. The lowest BCUT2D eigenvalue weighted by Crippen LogP contribution is -3.00. The number of H-pyrrole nitrogens is 1. The van der Waals surface area contributed by atoms with Crippen molar-refractivity contribution >= 4 is 0 Å². The average molecular weight is 266 g/mol. The smallest absolute Gasteiger partial charge is 0.241 e. The van der Waals surface area contributed by atoms with Crippen molar-refractivity contribution < 1.29 is 28.5 Å². The third-order valence-electron chi connectivity index (χ3n) is 1.62. The average Bonchev–Trinajstić information content (AvgIpc) is 2.41. The Balaban J connectivity index is 0.000001000. The van der Waals surface area contributed by atoms with Gasteiger partial charge in [-0.05, 0) is 12.8 Å². The number of aromatic nitrogens is 2. The van der Waals surface area contributed by atoms with Gasteiger partial charge in [-0.1, -0.05) is 13.3 Å². The highest BCUT2D eigenvalue weighted by molar-refractivity contribution is 4.55. The van der Waals surface area contributed by atoms with Crippen LogP contribution in [-0.2, 0) is 6.54 Å². The zero-order valence-corrected chi connectivity index (χ0v) is 9.04. The van der Waals surface area contributed by atoms with Crippen LogP contribution < -0.4 is 28.5 Å². The van der Waals surface area contributed by atoms with Crippen molar-refractivity contribution in [1.82, 2.24) is 4.98 Å². The molecule has 0 aliphatic carbocycles. The molecule has 0 unspecified atom stereocenters. The Bertz CT molecular complexity index is 161. The quantitative estimate of drug-likeness (QED) is 0.389. The summed E-state index contributed by atoms with van der Waals surface area (Å²) in [5.74, 6) is 0. The summed E-state index contributed by atoms with van der Waals surface area (Å²) in [5, 5.41) is 0. The third-order valence-corrected chi connectivity index (χ3v) is 1.62. The molecule has 0 spiro atoms. The monoisotopic (exact) mass is 266 g/mol.